The van der Waals surface area contributed by atoms with Gasteiger partial charge in [0.05, 0.1) is 25.1 Å². The molecule has 1 aromatic carbocycles. The van der Waals surface area contributed by atoms with Crippen molar-refractivity contribution in [2.24, 2.45) is 17.0 Å². The maximum absolute atomic E-state index is 13.8. The molecule has 1 aliphatic carbocycles. The third kappa shape index (κ3) is 2.58. The Morgan fingerprint density at radius 3 is 2.72 bits per heavy atom. The van der Waals surface area contributed by atoms with E-state index in [1.165, 1.54) is 14.2 Å². The number of hydrogen-bond acceptors (Lipinski definition) is 6. The molecule has 152 valence electrons. The fourth-order valence-electron chi connectivity index (χ4n) is 4.32. The van der Waals surface area contributed by atoms with E-state index in [2.05, 4.69) is 10.3 Å². The van der Waals surface area contributed by atoms with Gasteiger partial charge in [0.15, 0.2) is 5.75 Å². The summed E-state index contributed by atoms with van der Waals surface area (Å²) in [5.74, 6) is 5.87. The van der Waals surface area contributed by atoms with Crippen LogP contribution < -0.4 is 25.2 Å². The van der Waals surface area contributed by atoms with Crippen molar-refractivity contribution in [3.8, 4) is 17.2 Å². The molecule has 0 radical (unpaired) electrons. The number of nitrogens with zero attached hydrogens (tertiary/aromatic N) is 2. The molecule has 1 aliphatic heterocycles. The normalized spacial score (nSPS) is 25.1. The molecule has 1 unspecified atom stereocenters. The summed E-state index contributed by atoms with van der Waals surface area (Å²) in [6, 6.07) is 5.22. The van der Waals surface area contributed by atoms with E-state index >= 15 is 0 Å². The monoisotopic (exact) mass is 417 g/mol. The summed E-state index contributed by atoms with van der Waals surface area (Å²) < 4.78 is 17.2. The van der Waals surface area contributed by atoms with Crippen molar-refractivity contribution in [1.82, 2.24) is 4.98 Å². The van der Waals surface area contributed by atoms with E-state index in [1.807, 2.05) is 26.0 Å². The van der Waals surface area contributed by atoms with Crippen LogP contribution in [-0.2, 0) is 5.60 Å². The largest absolute Gasteiger partial charge is 0.496 e. The summed E-state index contributed by atoms with van der Waals surface area (Å²) in [5, 5.41) is 6.73. The minimum Gasteiger partial charge on any atom is -0.496 e. The lowest BCUT2D eigenvalue weighted by molar-refractivity contribution is -0.586. The minimum absolute atomic E-state index is 0.184. The van der Waals surface area contributed by atoms with Gasteiger partial charge in [-0.15, -0.1) is 0 Å². The van der Waals surface area contributed by atoms with E-state index in [-0.39, 0.29) is 28.5 Å². The lowest BCUT2D eigenvalue weighted by atomic mass is 9.70. The van der Waals surface area contributed by atoms with Crippen LogP contribution in [0.25, 0.3) is 0 Å². The molecule has 29 heavy (non-hydrogen) atoms. The van der Waals surface area contributed by atoms with Crippen LogP contribution in [0.5, 0.6) is 17.2 Å². The maximum Gasteiger partial charge on any atom is 0.220 e. The second-order valence-electron chi connectivity index (χ2n) is 7.30. The Morgan fingerprint density at radius 2 is 2.07 bits per heavy atom. The number of methoxy groups -OCH3 is 2. The van der Waals surface area contributed by atoms with Gasteiger partial charge in [0, 0.05) is 29.7 Å². The van der Waals surface area contributed by atoms with Crippen LogP contribution in [0.4, 0.5) is 0 Å². The number of ether oxygens (including phenoxy) is 3. The van der Waals surface area contributed by atoms with Crippen molar-refractivity contribution in [1.29, 1.82) is 0 Å². The Hall–Kier alpha value is -2.87. The lowest BCUT2D eigenvalue weighted by Crippen LogP contribution is -2.71. The van der Waals surface area contributed by atoms with E-state index < -0.39 is 5.60 Å². The molecule has 0 bridgehead atoms. The molecule has 8 nitrogen and oxygen atoms in total. The highest BCUT2D eigenvalue weighted by atomic mass is 35.5. The van der Waals surface area contributed by atoms with E-state index in [9.17, 15) is 4.79 Å². The first-order valence-corrected chi connectivity index (χ1v) is 9.58. The molecule has 0 fully saturated rings. The number of benzene rings is 1. The van der Waals surface area contributed by atoms with Crippen LogP contribution >= 0.6 is 11.6 Å². The van der Waals surface area contributed by atoms with Crippen LogP contribution in [0.15, 0.2) is 23.4 Å². The number of aromatic nitrogens is 1. The smallest absolute Gasteiger partial charge is 0.220 e. The SMILES string of the molecule is COc1cc(OC)c2c(c1Cl)O[C@]1(C2=O)c2nc(C)ccc2C([NH+]=NN)C[C@H]1C. The van der Waals surface area contributed by atoms with Crippen LogP contribution in [0.2, 0.25) is 5.02 Å². The molecule has 0 saturated carbocycles. The molecule has 2 aromatic rings. The predicted molar refractivity (Wildman–Crippen MR) is 104 cm³/mol. The minimum atomic E-state index is -1.32. The van der Waals surface area contributed by atoms with E-state index in [4.69, 9.17) is 36.6 Å². The van der Waals surface area contributed by atoms with Crippen molar-refractivity contribution in [3.05, 3.63) is 45.7 Å². The summed E-state index contributed by atoms with van der Waals surface area (Å²) in [6.45, 7) is 3.81. The van der Waals surface area contributed by atoms with Gasteiger partial charge in [-0.3, -0.25) is 9.78 Å². The average Bonchev–Trinajstić information content (AvgIpc) is 3.02. The number of ketones is 1. The number of halogens is 1. The molecule has 1 aromatic heterocycles. The Morgan fingerprint density at radius 1 is 1.34 bits per heavy atom. The number of aryl methyl sites for hydroxylation is 1. The first kappa shape index (κ1) is 19.4. The van der Waals surface area contributed by atoms with Gasteiger partial charge in [-0.05, 0) is 13.0 Å². The topological polar surface area (TPSA) is 110 Å². The highest BCUT2D eigenvalue weighted by molar-refractivity contribution is 6.35. The number of nitrogens with two attached hydrogens (primary N) is 1. The molecule has 4 rings (SSSR count). The highest BCUT2D eigenvalue weighted by Crippen LogP contribution is 2.57. The molecule has 2 aliphatic rings. The second-order valence-corrected chi connectivity index (χ2v) is 7.68. The van der Waals surface area contributed by atoms with Gasteiger partial charge < -0.3 is 14.2 Å². The Bertz CT molecular complexity index is 1040. The molecule has 2 heterocycles. The number of fused-ring (bicyclic) bond motifs is 3. The van der Waals surface area contributed by atoms with Crippen molar-refractivity contribution in [2.45, 2.75) is 31.9 Å². The third-order valence-corrected chi connectivity index (χ3v) is 6.08. The van der Waals surface area contributed by atoms with Gasteiger partial charge in [-0.25, -0.2) is 0 Å². The van der Waals surface area contributed by atoms with Gasteiger partial charge in [0.2, 0.25) is 11.4 Å². The van der Waals surface area contributed by atoms with E-state index in [0.717, 1.165) is 11.3 Å². The third-order valence-electron chi connectivity index (χ3n) is 5.73. The number of rotatable bonds is 3. The molecular formula is C20H22ClN4O4+. The summed E-state index contributed by atoms with van der Waals surface area (Å²) in [5.41, 5.74) is 1.10. The van der Waals surface area contributed by atoms with Crippen LogP contribution in [0.1, 0.15) is 46.7 Å². The van der Waals surface area contributed by atoms with Crippen molar-refractivity contribution in [3.63, 3.8) is 0 Å². The molecule has 9 heteroatoms. The summed E-state index contributed by atoms with van der Waals surface area (Å²) >= 11 is 6.51. The first-order chi connectivity index (χ1) is 13.9. The van der Waals surface area contributed by atoms with Gasteiger partial charge in [-0.1, -0.05) is 24.6 Å². The van der Waals surface area contributed by atoms with Crippen molar-refractivity contribution in [2.75, 3.05) is 14.2 Å². The Balaban J connectivity index is 1.99. The number of carbonyl (C=O) groups is 1. The standard InChI is InChI=1S/C20H21ClN4O4/c1-9-7-12(24-25-22)11-6-5-10(2)23-18(11)20(9)19(26)15-13(27-3)8-14(28-4)16(21)17(15)29-20/h5-6,8-9,12H,7H2,1-4H3,(H2,22,24)/p+1/t9-,12?,20+/m1/s1. The summed E-state index contributed by atoms with van der Waals surface area (Å²) in [6.07, 6.45) is 0.565. The Kier molecular flexibility index (Phi) is 4.61. The zero-order chi connectivity index (χ0) is 20.9. The van der Waals surface area contributed by atoms with E-state index in [1.54, 1.807) is 6.07 Å². The van der Waals surface area contributed by atoms with Crippen molar-refractivity contribution >= 4 is 17.4 Å². The fraction of sp³-hybridized carbons (Fsp3) is 0.400. The van der Waals surface area contributed by atoms with Crippen LogP contribution in [0.3, 0.4) is 0 Å². The van der Waals surface area contributed by atoms with E-state index in [0.29, 0.717) is 29.2 Å². The van der Waals surface area contributed by atoms with Gasteiger partial charge in [0.25, 0.3) is 0 Å². The second kappa shape index (κ2) is 6.88. The predicted octanol–water partition coefficient (Wildman–Crippen LogP) is 2.02. The highest BCUT2D eigenvalue weighted by Gasteiger charge is 2.60. The van der Waals surface area contributed by atoms with Gasteiger partial charge >= 0.3 is 0 Å². The van der Waals surface area contributed by atoms with Gasteiger partial charge in [0.1, 0.15) is 28.1 Å². The average molecular weight is 418 g/mol. The molecular weight excluding hydrogens is 396 g/mol. The molecule has 3 atom stereocenters. The zero-order valence-electron chi connectivity index (χ0n) is 16.6. The number of hydrogen-bond donors (Lipinski definition) is 2. The molecule has 1 spiro atoms. The van der Waals surface area contributed by atoms with Gasteiger partial charge in [-0.2, -0.15) is 11.0 Å². The fourth-order valence-corrected chi connectivity index (χ4v) is 4.58. The van der Waals surface area contributed by atoms with Crippen LogP contribution in [0, 0.1) is 12.8 Å². The van der Waals surface area contributed by atoms with Crippen molar-refractivity contribution < 1.29 is 24.1 Å². The quantitative estimate of drug-likeness (QED) is 0.449. The van der Waals surface area contributed by atoms with Crippen LogP contribution in [-0.4, -0.2) is 25.0 Å². The number of carbonyl (C=O) groups excluding carboxylic acids is 1. The number of Topliss-reactive ketones (excluding diaryl/α,β-unsaturated/α-hetero) is 1. The molecule has 0 amide bonds. The summed E-state index contributed by atoms with van der Waals surface area (Å²) in [7, 11) is 2.99. The first-order valence-electron chi connectivity index (χ1n) is 9.20. The maximum atomic E-state index is 13.8. The molecule has 0 saturated heterocycles. The lowest BCUT2D eigenvalue weighted by Gasteiger charge is -2.39. The zero-order valence-corrected chi connectivity index (χ0v) is 17.3. The number of nitrogens with one attached hydrogen (secondary N) is 1. The summed E-state index contributed by atoms with van der Waals surface area (Å²) in [4.78, 5) is 18.6. The Labute approximate surface area is 173 Å². The molecule has 3 N–H and O–H groups in total. The number of pyridine rings is 1.